The average Bonchev–Trinajstić information content (AvgIpc) is 2.15. The molecule has 0 saturated heterocycles. The molecule has 1 saturated carbocycles. The van der Waals surface area contributed by atoms with Crippen LogP contribution in [-0.4, -0.2) is 23.9 Å². The maximum atomic E-state index is 11.6. The fourth-order valence-electron chi connectivity index (χ4n) is 2.13. The maximum absolute atomic E-state index is 11.6. The number of likely N-dealkylation sites (N-methyl/N-ethyl adjacent to an activating group) is 1. The first-order chi connectivity index (χ1) is 6.83. The molecular weight excluding hydrogens is 210 g/mol. The maximum Gasteiger partial charge on any atom is 0.264 e. The molecule has 1 aliphatic carbocycles. The number of rotatable bonds is 2. The summed E-state index contributed by atoms with van der Waals surface area (Å²) in [6.45, 7) is 8.04. The highest BCUT2D eigenvalue weighted by atomic mass is 35.5. The molecule has 1 fully saturated rings. The van der Waals surface area contributed by atoms with E-state index >= 15 is 0 Å². The molecule has 1 rings (SSSR count). The minimum absolute atomic E-state index is 0.113. The van der Waals surface area contributed by atoms with E-state index in [1.165, 1.54) is 12.8 Å². The molecule has 3 heteroatoms. The second-order valence-corrected chi connectivity index (χ2v) is 5.67. The van der Waals surface area contributed by atoms with Gasteiger partial charge >= 0.3 is 0 Å². The SMILES string of the molecule is C=C(Cl)C(=O)N(C)C1CCC(C)(C)CC1. The van der Waals surface area contributed by atoms with Gasteiger partial charge in [-0.15, -0.1) is 0 Å². The van der Waals surface area contributed by atoms with Crippen molar-refractivity contribution in [2.45, 2.75) is 45.6 Å². The predicted octanol–water partition coefficient (Wildman–Crippen LogP) is 3.17. The molecule has 0 atom stereocenters. The number of hydrogen-bond donors (Lipinski definition) is 0. The summed E-state index contributed by atoms with van der Waals surface area (Å²) < 4.78 is 0. The van der Waals surface area contributed by atoms with Crippen LogP contribution in [0.1, 0.15) is 39.5 Å². The molecular formula is C12H20ClNO. The van der Waals surface area contributed by atoms with Crippen LogP contribution in [0.25, 0.3) is 0 Å². The topological polar surface area (TPSA) is 20.3 Å². The van der Waals surface area contributed by atoms with Crippen LogP contribution >= 0.6 is 11.6 Å². The molecule has 15 heavy (non-hydrogen) atoms. The number of carbonyl (C=O) groups is 1. The van der Waals surface area contributed by atoms with Crippen LogP contribution < -0.4 is 0 Å². The second kappa shape index (κ2) is 4.56. The van der Waals surface area contributed by atoms with E-state index in [1.54, 1.807) is 4.90 Å². The Bertz CT molecular complexity index is 263. The summed E-state index contributed by atoms with van der Waals surface area (Å²) in [5.41, 5.74) is 0.429. The molecule has 0 aromatic rings. The van der Waals surface area contributed by atoms with E-state index in [0.29, 0.717) is 11.5 Å². The smallest absolute Gasteiger partial charge is 0.264 e. The molecule has 0 radical (unpaired) electrons. The Labute approximate surface area is 97.3 Å². The van der Waals surface area contributed by atoms with Crippen molar-refractivity contribution in [1.29, 1.82) is 0 Å². The molecule has 1 amide bonds. The van der Waals surface area contributed by atoms with Crippen LogP contribution in [0.3, 0.4) is 0 Å². The molecule has 0 bridgehead atoms. The van der Waals surface area contributed by atoms with Crippen molar-refractivity contribution >= 4 is 17.5 Å². The fraction of sp³-hybridized carbons (Fsp3) is 0.750. The standard InChI is InChI=1S/C12H20ClNO/c1-9(13)11(15)14(4)10-5-7-12(2,3)8-6-10/h10H,1,5-8H2,2-4H3. The Morgan fingerprint density at radius 3 is 2.27 bits per heavy atom. The Hall–Kier alpha value is -0.500. The van der Waals surface area contributed by atoms with E-state index in [2.05, 4.69) is 20.4 Å². The number of amides is 1. The molecule has 2 nitrogen and oxygen atoms in total. The highest BCUT2D eigenvalue weighted by Gasteiger charge is 2.30. The largest absolute Gasteiger partial charge is 0.338 e. The van der Waals surface area contributed by atoms with Crippen LogP contribution in [0.2, 0.25) is 0 Å². The van der Waals surface area contributed by atoms with Crippen molar-refractivity contribution in [2.75, 3.05) is 7.05 Å². The van der Waals surface area contributed by atoms with Gasteiger partial charge in [0.15, 0.2) is 0 Å². The molecule has 0 spiro atoms. The Morgan fingerprint density at radius 1 is 1.40 bits per heavy atom. The summed E-state index contributed by atoms with van der Waals surface area (Å²) >= 11 is 5.61. The van der Waals surface area contributed by atoms with Gasteiger partial charge in [-0.25, -0.2) is 0 Å². The van der Waals surface area contributed by atoms with Gasteiger partial charge in [-0.2, -0.15) is 0 Å². The minimum Gasteiger partial charge on any atom is -0.338 e. The number of nitrogens with zero attached hydrogens (tertiary/aromatic N) is 1. The molecule has 0 aromatic heterocycles. The van der Waals surface area contributed by atoms with Crippen molar-refractivity contribution in [3.63, 3.8) is 0 Å². The van der Waals surface area contributed by atoms with Crippen LogP contribution in [0, 0.1) is 5.41 Å². The van der Waals surface area contributed by atoms with Crippen molar-refractivity contribution < 1.29 is 4.79 Å². The highest BCUT2D eigenvalue weighted by molar-refractivity contribution is 6.41. The summed E-state index contributed by atoms with van der Waals surface area (Å²) in [7, 11) is 1.82. The lowest BCUT2D eigenvalue weighted by molar-refractivity contribution is -0.128. The summed E-state index contributed by atoms with van der Waals surface area (Å²) in [6, 6.07) is 0.334. The van der Waals surface area contributed by atoms with Gasteiger partial charge in [-0.05, 0) is 31.1 Å². The second-order valence-electron chi connectivity index (χ2n) is 5.22. The van der Waals surface area contributed by atoms with Crippen LogP contribution in [0.4, 0.5) is 0 Å². The van der Waals surface area contributed by atoms with Crippen LogP contribution in [0.5, 0.6) is 0 Å². The summed E-state index contributed by atoms with van der Waals surface area (Å²) in [5, 5.41) is 0.113. The first-order valence-electron chi connectivity index (χ1n) is 5.45. The number of halogens is 1. The van der Waals surface area contributed by atoms with Gasteiger partial charge in [0, 0.05) is 13.1 Å². The first kappa shape index (κ1) is 12.6. The summed E-state index contributed by atoms with van der Waals surface area (Å²) in [4.78, 5) is 13.3. The lowest BCUT2D eigenvalue weighted by atomic mass is 9.75. The predicted molar refractivity (Wildman–Crippen MR) is 63.8 cm³/mol. The molecule has 1 aliphatic rings. The van der Waals surface area contributed by atoms with Gasteiger partial charge in [0.25, 0.3) is 5.91 Å². The lowest BCUT2D eigenvalue weighted by Gasteiger charge is -2.38. The summed E-state index contributed by atoms with van der Waals surface area (Å²) in [6.07, 6.45) is 4.48. The van der Waals surface area contributed by atoms with Gasteiger partial charge in [0.2, 0.25) is 0 Å². The van der Waals surface area contributed by atoms with E-state index in [9.17, 15) is 4.79 Å². The minimum atomic E-state index is -0.138. The van der Waals surface area contributed by atoms with Gasteiger partial charge in [0.05, 0.1) is 5.03 Å². The van der Waals surface area contributed by atoms with Crippen molar-refractivity contribution in [3.8, 4) is 0 Å². The van der Waals surface area contributed by atoms with Crippen molar-refractivity contribution in [1.82, 2.24) is 4.90 Å². The quantitative estimate of drug-likeness (QED) is 0.666. The zero-order valence-electron chi connectivity index (χ0n) is 9.85. The molecule has 0 N–H and O–H groups in total. The third-order valence-electron chi connectivity index (χ3n) is 3.41. The Morgan fingerprint density at radius 2 is 1.87 bits per heavy atom. The molecule has 0 aliphatic heterocycles. The molecule has 0 unspecified atom stereocenters. The number of hydrogen-bond acceptors (Lipinski definition) is 1. The summed E-state index contributed by atoms with van der Waals surface area (Å²) in [5.74, 6) is -0.138. The first-order valence-corrected chi connectivity index (χ1v) is 5.83. The van der Waals surface area contributed by atoms with E-state index in [1.807, 2.05) is 7.05 Å². The van der Waals surface area contributed by atoms with Crippen LogP contribution in [-0.2, 0) is 4.79 Å². The fourth-order valence-corrected chi connectivity index (χ4v) is 2.26. The monoisotopic (exact) mass is 229 g/mol. The molecule has 86 valence electrons. The molecule has 0 heterocycles. The lowest BCUT2D eigenvalue weighted by Crippen LogP contribution is -2.40. The third-order valence-corrected chi connectivity index (χ3v) is 3.57. The zero-order chi connectivity index (χ0) is 11.6. The van der Waals surface area contributed by atoms with E-state index in [-0.39, 0.29) is 10.9 Å². The van der Waals surface area contributed by atoms with Gasteiger partial charge in [0.1, 0.15) is 0 Å². The normalized spacial score (nSPS) is 21.1. The van der Waals surface area contributed by atoms with Crippen molar-refractivity contribution in [2.24, 2.45) is 5.41 Å². The molecule has 0 aromatic carbocycles. The van der Waals surface area contributed by atoms with Gasteiger partial charge in [-0.1, -0.05) is 32.0 Å². The van der Waals surface area contributed by atoms with Crippen molar-refractivity contribution in [3.05, 3.63) is 11.6 Å². The highest BCUT2D eigenvalue weighted by Crippen LogP contribution is 2.36. The van der Waals surface area contributed by atoms with E-state index in [4.69, 9.17) is 11.6 Å². The third kappa shape index (κ3) is 3.23. The van der Waals surface area contributed by atoms with Gasteiger partial charge in [-0.3, -0.25) is 4.79 Å². The van der Waals surface area contributed by atoms with Gasteiger partial charge < -0.3 is 4.90 Å². The Kier molecular flexibility index (Phi) is 3.82. The average molecular weight is 230 g/mol. The van der Waals surface area contributed by atoms with E-state index < -0.39 is 0 Å². The Balaban J connectivity index is 2.53. The zero-order valence-corrected chi connectivity index (χ0v) is 10.6. The van der Waals surface area contributed by atoms with E-state index in [0.717, 1.165) is 12.8 Å². The number of carbonyl (C=O) groups excluding carboxylic acids is 1. The van der Waals surface area contributed by atoms with Crippen LogP contribution in [0.15, 0.2) is 11.6 Å².